The summed E-state index contributed by atoms with van der Waals surface area (Å²) >= 11 is 1.26. The highest BCUT2D eigenvalue weighted by atomic mass is 32.2. The number of nitrogens with zero attached hydrogens (tertiary/aromatic N) is 1. The second kappa shape index (κ2) is 3.19. The number of aromatic nitrogens is 1. The molecule has 0 aliphatic heterocycles. The third-order valence-corrected chi connectivity index (χ3v) is 3.14. The first kappa shape index (κ1) is 8.48. The van der Waals surface area contributed by atoms with E-state index in [1.165, 1.54) is 11.3 Å². The molecule has 0 radical (unpaired) electrons. The summed E-state index contributed by atoms with van der Waals surface area (Å²) in [5.74, 6) is 0.0760. The molecule has 1 aromatic heterocycles. The van der Waals surface area contributed by atoms with Crippen LogP contribution in [0.25, 0.3) is 0 Å². The van der Waals surface area contributed by atoms with Crippen molar-refractivity contribution < 1.29 is 8.42 Å². The molecule has 1 N–H and O–H groups in total. The molecule has 1 heterocycles. The minimum absolute atomic E-state index is 0.0760. The van der Waals surface area contributed by atoms with Crippen molar-refractivity contribution in [3.63, 3.8) is 0 Å². The monoisotopic (exact) mass is 192 g/mol. The van der Waals surface area contributed by atoms with Gasteiger partial charge in [0, 0.05) is 11.6 Å². The first-order valence-electron chi connectivity index (χ1n) is 3.04. The van der Waals surface area contributed by atoms with Crippen LogP contribution in [0.4, 0.5) is 5.13 Å². The average molecular weight is 192 g/mol. The van der Waals surface area contributed by atoms with E-state index in [4.69, 9.17) is 0 Å². The van der Waals surface area contributed by atoms with Crippen molar-refractivity contribution in [1.29, 1.82) is 0 Å². The molecule has 0 aromatic carbocycles. The third kappa shape index (κ3) is 2.47. The van der Waals surface area contributed by atoms with Crippen LogP contribution in [0.15, 0.2) is 11.6 Å². The number of rotatable bonds is 3. The minimum Gasteiger partial charge on any atom is -0.259 e. The van der Waals surface area contributed by atoms with E-state index in [9.17, 15) is 8.42 Å². The summed E-state index contributed by atoms with van der Waals surface area (Å²) in [7, 11) is -3.14. The largest absolute Gasteiger partial charge is 0.259 e. The van der Waals surface area contributed by atoms with Gasteiger partial charge in [-0.05, 0) is 6.92 Å². The van der Waals surface area contributed by atoms with Crippen molar-refractivity contribution in [1.82, 2.24) is 4.98 Å². The van der Waals surface area contributed by atoms with E-state index in [1.54, 1.807) is 18.5 Å². The molecule has 0 aliphatic carbocycles. The summed E-state index contributed by atoms with van der Waals surface area (Å²) in [6, 6.07) is 0. The van der Waals surface area contributed by atoms with Crippen LogP contribution >= 0.6 is 11.3 Å². The number of thiazole rings is 1. The summed E-state index contributed by atoms with van der Waals surface area (Å²) in [6.07, 6.45) is 1.55. The molecular weight excluding hydrogens is 184 g/mol. The second-order valence-corrected chi connectivity index (χ2v) is 4.75. The van der Waals surface area contributed by atoms with Crippen molar-refractivity contribution in [2.45, 2.75) is 6.92 Å². The van der Waals surface area contributed by atoms with Gasteiger partial charge < -0.3 is 0 Å². The molecule has 1 aromatic rings. The topological polar surface area (TPSA) is 59.1 Å². The smallest absolute Gasteiger partial charge is 0.234 e. The van der Waals surface area contributed by atoms with Gasteiger partial charge in [-0.2, -0.15) is 0 Å². The molecule has 6 heteroatoms. The maximum atomic E-state index is 10.9. The van der Waals surface area contributed by atoms with E-state index < -0.39 is 10.0 Å². The highest BCUT2D eigenvalue weighted by Gasteiger charge is 2.06. The zero-order valence-electron chi connectivity index (χ0n) is 5.94. The molecule has 0 saturated heterocycles. The van der Waals surface area contributed by atoms with E-state index in [0.29, 0.717) is 5.13 Å². The van der Waals surface area contributed by atoms with E-state index in [1.807, 2.05) is 0 Å². The Morgan fingerprint density at radius 2 is 2.45 bits per heavy atom. The lowest BCUT2D eigenvalue weighted by atomic mass is 11.0. The van der Waals surface area contributed by atoms with Gasteiger partial charge in [0.15, 0.2) is 5.13 Å². The van der Waals surface area contributed by atoms with Crippen LogP contribution in [0, 0.1) is 0 Å². The van der Waals surface area contributed by atoms with Crippen molar-refractivity contribution in [2.75, 3.05) is 10.5 Å². The molecule has 1 rings (SSSR count). The summed E-state index contributed by atoms with van der Waals surface area (Å²) in [4.78, 5) is 3.78. The molecule has 0 saturated carbocycles. The fourth-order valence-electron chi connectivity index (χ4n) is 0.479. The molecule has 0 unspecified atom stereocenters. The van der Waals surface area contributed by atoms with Gasteiger partial charge in [-0.1, -0.05) is 0 Å². The Morgan fingerprint density at radius 3 is 2.91 bits per heavy atom. The second-order valence-electron chi connectivity index (χ2n) is 1.84. The Hall–Kier alpha value is -0.620. The molecule has 0 fully saturated rings. The number of anilines is 1. The molecule has 0 atom stereocenters. The van der Waals surface area contributed by atoms with Gasteiger partial charge in [0.2, 0.25) is 10.0 Å². The van der Waals surface area contributed by atoms with Crippen molar-refractivity contribution >= 4 is 26.5 Å². The standard InChI is InChI=1S/C5H8N2O2S2/c1-2-11(8,9)7-5-6-3-4-10-5/h3-4H,2H2,1H3,(H,6,7). The van der Waals surface area contributed by atoms with Gasteiger partial charge in [-0.15, -0.1) is 11.3 Å². The molecule has 0 amide bonds. The lowest BCUT2D eigenvalue weighted by Crippen LogP contribution is -2.14. The maximum absolute atomic E-state index is 10.9. The zero-order chi connectivity index (χ0) is 8.32. The number of sulfonamides is 1. The van der Waals surface area contributed by atoms with Gasteiger partial charge in [0.25, 0.3) is 0 Å². The Labute approximate surface area is 69.3 Å². The highest BCUT2D eigenvalue weighted by molar-refractivity contribution is 7.92. The summed E-state index contributed by atoms with van der Waals surface area (Å²) in [5, 5.41) is 2.14. The van der Waals surface area contributed by atoms with Crippen LogP contribution in [-0.4, -0.2) is 19.2 Å². The Bertz CT molecular complexity index is 303. The molecule has 62 valence electrons. The quantitative estimate of drug-likeness (QED) is 0.774. The number of nitrogens with one attached hydrogen (secondary N) is 1. The van der Waals surface area contributed by atoms with Crippen LogP contribution in [0.5, 0.6) is 0 Å². The van der Waals surface area contributed by atoms with Crippen molar-refractivity contribution in [2.24, 2.45) is 0 Å². The number of hydrogen-bond acceptors (Lipinski definition) is 4. The Kier molecular flexibility index (Phi) is 2.45. The third-order valence-electron chi connectivity index (χ3n) is 1.06. The van der Waals surface area contributed by atoms with E-state index in [0.717, 1.165) is 0 Å². The van der Waals surface area contributed by atoms with Crippen LogP contribution < -0.4 is 4.72 Å². The van der Waals surface area contributed by atoms with Gasteiger partial charge in [0.05, 0.1) is 5.75 Å². The first-order chi connectivity index (χ1) is 5.14. The molecule has 0 bridgehead atoms. The molecule has 0 spiro atoms. The van der Waals surface area contributed by atoms with E-state index in [2.05, 4.69) is 9.71 Å². The van der Waals surface area contributed by atoms with E-state index in [-0.39, 0.29) is 5.75 Å². The van der Waals surface area contributed by atoms with Crippen LogP contribution in [0.1, 0.15) is 6.92 Å². The fraction of sp³-hybridized carbons (Fsp3) is 0.400. The van der Waals surface area contributed by atoms with Crippen LogP contribution in [0.2, 0.25) is 0 Å². The van der Waals surface area contributed by atoms with Crippen molar-refractivity contribution in [3.05, 3.63) is 11.6 Å². The van der Waals surface area contributed by atoms with Gasteiger partial charge in [0.1, 0.15) is 0 Å². The van der Waals surface area contributed by atoms with Gasteiger partial charge in [-0.3, -0.25) is 4.72 Å². The molecule has 11 heavy (non-hydrogen) atoms. The lowest BCUT2D eigenvalue weighted by molar-refractivity contribution is 0.602. The molecule has 0 aliphatic rings. The lowest BCUT2D eigenvalue weighted by Gasteiger charge is -1.99. The van der Waals surface area contributed by atoms with Crippen LogP contribution in [-0.2, 0) is 10.0 Å². The molecule has 4 nitrogen and oxygen atoms in total. The number of hydrogen-bond donors (Lipinski definition) is 1. The predicted molar refractivity (Wildman–Crippen MR) is 45.2 cm³/mol. The Balaban J connectivity index is 2.72. The van der Waals surface area contributed by atoms with E-state index >= 15 is 0 Å². The maximum Gasteiger partial charge on any atom is 0.234 e. The summed E-state index contributed by atoms with van der Waals surface area (Å²) < 4.78 is 24.2. The average Bonchev–Trinajstić information content (AvgIpc) is 2.39. The summed E-state index contributed by atoms with van der Waals surface area (Å²) in [6.45, 7) is 1.58. The highest BCUT2D eigenvalue weighted by Crippen LogP contribution is 2.11. The zero-order valence-corrected chi connectivity index (χ0v) is 7.58. The van der Waals surface area contributed by atoms with Gasteiger partial charge in [-0.25, -0.2) is 13.4 Å². The molecular formula is C5H8N2O2S2. The Morgan fingerprint density at radius 1 is 1.73 bits per heavy atom. The first-order valence-corrected chi connectivity index (χ1v) is 5.57. The predicted octanol–water partition coefficient (Wildman–Crippen LogP) is 0.905. The summed E-state index contributed by atoms with van der Waals surface area (Å²) in [5.41, 5.74) is 0. The van der Waals surface area contributed by atoms with Crippen molar-refractivity contribution in [3.8, 4) is 0 Å². The van der Waals surface area contributed by atoms with Crippen LogP contribution in [0.3, 0.4) is 0 Å². The SMILES string of the molecule is CCS(=O)(=O)Nc1nccs1. The fourth-order valence-corrected chi connectivity index (χ4v) is 1.89. The minimum atomic E-state index is -3.14. The van der Waals surface area contributed by atoms with Gasteiger partial charge >= 0.3 is 0 Å². The normalized spacial score (nSPS) is 11.4.